The summed E-state index contributed by atoms with van der Waals surface area (Å²) in [6, 6.07) is 2.72. The van der Waals surface area contributed by atoms with E-state index in [9.17, 15) is 14.7 Å². The number of ether oxygens (including phenoxy) is 3. The highest BCUT2D eigenvalue weighted by molar-refractivity contribution is 9.10. The summed E-state index contributed by atoms with van der Waals surface area (Å²) in [5.41, 5.74) is 6.89. The Bertz CT molecular complexity index is 1250. The van der Waals surface area contributed by atoms with Crippen LogP contribution >= 0.6 is 27.7 Å². The number of rotatable bonds is 5. The molecule has 2 aromatic heterocycles. The summed E-state index contributed by atoms with van der Waals surface area (Å²) < 4.78 is 18.3. The minimum Gasteiger partial charge on any atom is -0.465 e. The van der Waals surface area contributed by atoms with Gasteiger partial charge in [0.05, 0.1) is 0 Å². The van der Waals surface area contributed by atoms with Crippen molar-refractivity contribution in [1.82, 2.24) is 24.4 Å². The second-order valence-electron chi connectivity index (χ2n) is 6.86. The Balaban J connectivity index is 1.49. The fourth-order valence-electron chi connectivity index (χ4n) is 3.45. The predicted octanol–water partition coefficient (Wildman–Crippen LogP) is 2.30. The fourth-order valence-corrected chi connectivity index (χ4v) is 4.96. The quantitative estimate of drug-likeness (QED) is 0.474. The Morgan fingerprint density at radius 2 is 2.06 bits per heavy atom. The largest absolute Gasteiger partial charge is 0.465 e. The molecule has 14 heteroatoms. The van der Waals surface area contributed by atoms with Crippen LogP contribution in [0.5, 0.6) is 11.5 Å². The number of carbonyl (C=O) groups excluding carboxylic acids is 1. The van der Waals surface area contributed by atoms with Gasteiger partial charge in [-0.1, -0.05) is 11.8 Å². The highest BCUT2D eigenvalue weighted by Crippen LogP contribution is 2.43. The Morgan fingerprint density at radius 3 is 2.84 bits per heavy atom. The van der Waals surface area contributed by atoms with Crippen LogP contribution in [0, 0.1) is 0 Å². The number of hydrogen-bond donors (Lipinski definition) is 2. The molecule has 3 aromatic rings. The van der Waals surface area contributed by atoms with Gasteiger partial charge >= 0.3 is 12.1 Å². The SMILES string of the molecule is Nc1ncnc2c1nc(Sc1cc3c(cc1Br)OCO3)n2CCC1C(=O)OCN1C(=O)O. The summed E-state index contributed by atoms with van der Waals surface area (Å²) in [7, 11) is 0. The number of benzene rings is 1. The molecule has 0 saturated carbocycles. The normalized spacial score (nSPS) is 17.2. The number of carbonyl (C=O) groups is 2. The molecule has 2 aliphatic rings. The first-order valence-corrected chi connectivity index (χ1v) is 10.9. The first-order chi connectivity index (χ1) is 15.4. The minimum atomic E-state index is -1.22. The van der Waals surface area contributed by atoms with Crippen molar-refractivity contribution in [2.24, 2.45) is 0 Å². The van der Waals surface area contributed by atoms with E-state index >= 15 is 0 Å². The van der Waals surface area contributed by atoms with Crippen LogP contribution in [0.2, 0.25) is 0 Å². The van der Waals surface area contributed by atoms with Crippen molar-refractivity contribution in [3.05, 3.63) is 22.9 Å². The standard InChI is InChI=1S/C18H15BrN6O6S/c19-8-3-10-11(31-7-30-10)4-12(8)32-17-23-13-14(20)21-5-22-15(13)24(17)2-1-9-16(26)29-6-25(9)18(27)28/h3-5,9H,1-2,6-7H2,(H,27,28)(H2,20,21,22). The van der Waals surface area contributed by atoms with Crippen molar-refractivity contribution in [3.8, 4) is 11.5 Å². The van der Waals surface area contributed by atoms with Gasteiger partial charge in [0, 0.05) is 15.9 Å². The lowest BCUT2D eigenvalue weighted by molar-refractivity contribution is -0.139. The van der Waals surface area contributed by atoms with Gasteiger partial charge in [0.1, 0.15) is 12.4 Å². The lowest BCUT2D eigenvalue weighted by atomic mass is 10.2. The molecule has 0 radical (unpaired) electrons. The van der Waals surface area contributed by atoms with Crippen molar-refractivity contribution in [2.45, 2.75) is 29.1 Å². The molecule has 1 unspecified atom stereocenters. The molecule has 1 aromatic carbocycles. The molecular weight excluding hydrogens is 508 g/mol. The van der Waals surface area contributed by atoms with E-state index in [0.29, 0.717) is 27.8 Å². The van der Waals surface area contributed by atoms with Crippen LogP contribution in [0.3, 0.4) is 0 Å². The summed E-state index contributed by atoms with van der Waals surface area (Å²) in [6.45, 7) is 0.115. The van der Waals surface area contributed by atoms with E-state index in [1.165, 1.54) is 18.1 Å². The number of anilines is 1. The van der Waals surface area contributed by atoms with Crippen molar-refractivity contribution < 1.29 is 28.9 Å². The van der Waals surface area contributed by atoms with E-state index < -0.39 is 18.1 Å². The van der Waals surface area contributed by atoms with Gasteiger partial charge in [-0.2, -0.15) is 0 Å². The van der Waals surface area contributed by atoms with Crippen LogP contribution in [0.4, 0.5) is 10.6 Å². The van der Waals surface area contributed by atoms with Crippen molar-refractivity contribution in [3.63, 3.8) is 0 Å². The monoisotopic (exact) mass is 522 g/mol. The van der Waals surface area contributed by atoms with Gasteiger partial charge in [-0.25, -0.2) is 24.5 Å². The maximum Gasteiger partial charge on any atom is 0.410 e. The molecule has 5 rings (SSSR count). The zero-order valence-corrected chi connectivity index (χ0v) is 18.6. The average Bonchev–Trinajstić information content (AvgIpc) is 3.45. The predicted molar refractivity (Wildman–Crippen MR) is 113 cm³/mol. The Hall–Kier alpha value is -3.26. The van der Waals surface area contributed by atoms with Gasteiger partial charge in [0.25, 0.3) is 0 Å². The highest BCUT2D eigenvalue weighted by atomic mass is 79.9. The number of hydrogen-bond acceptors (Lipinski definition) is 10. The zero-order valence-electron chi connectivity index (χ0n) is 16.2. The molecule has 4 heterocycles. The van der Waals surface area contributed by atoms with E-state index in [4.69, 9.17) is 19.9 Å². The summed E-state index contributed by atoms with van der Waals surface area (Å²) in [6.07, 6.45) is 0.284. The molecule has 12 nitrogen and oxygen atoms in total. The Labute approximate surface area is 192 Å². The number of aromatic nitrogens is 4. The Kier molecular flexibility index (Phi) is 5.17. The number of nitrogens with two attached hydrogens (primary N) is 1. The molecule has 0 aliphatic carbocycles. The summed E-state index contributed by atoms with van der Waals surface area (Å²) >= 11 is 4.87. The molecule has 1 saturated heterocycles. The van der Waals surface area contributed by atoms with Gasteiger partial charge in [-0.05, 0) is 34.5 Å². The van der Waals surface area contributed by atoms with Gasteiger partial charge < -0.3 is 29.6 Å². The lowest BCUT2D eigenvalue weighted by Crippen LogP contribution is -2.37. The molecular formula is C18H15BrN6O6S. The molecule has 1 atom stereocenters. The topological polar surface area (TPSA) is 155 Å². The van der Waals surface area contributed by atoms with Crippen molar-refractivity contribution >= 4 is 56.7 Å². The van der Waals surface area contributed by atoms with Gasteiger partial charge in [-0.15, -0.1) is 0 Å². The highest BCUT2D eigenvalue weighted by Gasteiger charge is 2.37. The van der Waals surface area contributed by atoms with E-state index in [0.717, 1.165) is 14.3 Å². The number of aryl methyl sites for hydroxylation is 1. The van der Waals surface area contributed by atoms with E-state index in [-0.39, 0.29) is 32.3 Å². The number of halogens is 1. The van der Waals surface area contributed by atoms with Gasteiger partial charge in [0.2, 0.25) is 6.79 Å². The van der Waals surface area contributed by atoms with E-state index in [2.05, 4.69) is 30.9 Å². The molecule has 32 heavy (non-hydrogen) atoms. The number of imidazole rings is 1. The van der Waals surface area contributed by atoms with Gasteiger partial charge in [-0.3, -0.25) is 4.90 Å². The van der Waals surface area contributed by atoms with E-state index in [1.807, 2.05) is 12.1 Å². The van der Waals surface area contributed by atoms with Gasteiger partial charge in [0.15, 0.2) is 40.4 Å². The number of fused-ring (bicyclic) bond motifs is 2. The number of nitrogen functional groups attached to an aromatic ring is 1. The average molecular weight is 523 g/mol. The number of carboxylic acid groups (broad SMARTS) is 1. The lowest BCUT2D eigenvalue weighted by Gasteiger charge is -2.17. The summed E-state index contributed by atoms with van der Waals surface area (Å²) in [5.74, 6) is 0.883. The van der Waals surface area contributed by atoms with Crippen LogP contribution in [-0.4, -0.2) is 61.2 Å². The third kappa shape index (κ3) is 3.54. The summed E-state index contributed by atoms with van der Waals surface area (Å²) in [5, 5.41) is 9.87. The van der Waals surface area contributed by atoms with Crippen molar-refractivity contribution in [1.29, 1.82) is 0 Å². The number of cyclic esters (lactones) is 1. The number of nitrogens with zero attached hydrogens (tertiary/aromatic N) is 5. The van der Waals surface area contributed by atoms with Crippen LogP contribution in [0.25, 0.3) is 11.2 Å². The second kappa shape index (κ2) is 8.02. The summed E-state index contributed by atoms with van der Waals surface area (Å²) in [4.78, 5) is 38.1. The Morgan fingerprint density at radius 1 is 1.28 bits per heavy atom. The molecule has 166 valence electrons. The number of amides is 1. The first-order valence-electron chi connectivity index (χ1n) is 9.32. The fraction of sp³-hybridized carbons (Fsp3) is 0.278. The van der Waals surface area contributed by atoms with Crippen molar-refractivity contribution in [2.75, 3.05) is 19.3 Å². The third-order valence-corrected chi connectivity index (χ3v) is 6.99. The van der Waals surface area contributed by atoms with Crippen LogP contribution < -0.4 is 15.2 Å². The molecule has 0 spiro atoms. The molecule has 0 bridgehead atoms. The maximum absolute atomic E-state index is 12.1. The zero-order chi connectivity index (χ0) is 22.4. The first kappa shape index (κ1) is 20.6. The third-order valence-electron chi connectivity index (χ3n) is 5.02. The van der Waals surface area contributed by atoms with Crippen LogP contribution in [0.1, 0.15) is 6.42 Å². The van der Waals surface area contributed by atoms with E-state index in [1.54, 1.807) is 4.57 Å². The minimum absolute atomic E-state index is 0.151. The number of esters is 1. The molecule has 1 amide bonds. The molecule has 2 aliphatic heterocycles. The van der Waals surface area contributed by atoms with Crippen LogP contribution in [0.15, 0.2) is 33.0 Å². The molecule has 1 fully saturated rings. The smallest absolute Gasteiger partial charge is 0.410 e. The second-order valence-corrected chi connectivity index (χ2v) is 8.73. The molecule has 3 N–H and O–H groups in total. The van der Waals surface area contributed by atoms with Crippen LogP contribution in [-0.2, 0) is 16.1 Å². The maximum atomic E-state index is 12.1.